The summed E-state index contributed by atoms with van der Waals surface area (Å²) in [6, 6.07) is 0. The maximum absolute atomic E-state index is 5.60. The summed E-state index contributed by atoms with van der Waals surface area (Å²) < 4.78 is 6.28. The number of alkyl halides is 1. The standard InChI is InChI=1S/C8H10ClN5O/c1-6-8(12-15-11-6)5-14-4-7(2-3-9)10-13-14/h4H,2-3,5H2,1H3. The number of halogens is 1. The molecule has 0 aliphatic carbocycles. The first-order valence-electron chi connectivity index (χ1n) is 4.52. The molecule has 2 aromatic rings. The lowest BCUT2D eigenvalue weighted by atomic mass is 10.3. The van der Waals surface area contributed by atoms with Crippen molar-refractivity contribution in [2.75, 3.05) is 5.88 Å². The van der Waals surface area contributed by atoms with Gasteiger partial charge in [0.1, 0.15) is 11.4 Å². The predicted octanol–water partition coefficient (Wildman–Crippen LogP) is 0.799. The van der Waals surface area contributed by atoms with E-state index in [9.17, 15) is 0 Å². The van der Waals surface area contributed by atoms with Gasteiger partial charge in [0.15, 0.2) is 0 Å². The van der Waals surface area contributed by atoms with Crippen LogP contribution < -0.4 is 0 Å². The molecule has 15 heavy (non-hydrogen) atoms. The second-order valence-electron chi connectivity index (χ2n) is 3.14. The minimum absolute atomic E-state index is 0.518. The van der Waals surface area contributed by atoms with Gasteiger partial charge in [0, 0.05) is 18.5 Å². The van der Waals surface area contributed by atoms with E-state index in [1.54, 1.807) is 4.68 Å². The zero-order valence-electron chi connectivity index (χ0n) is 8.22. The van der Waals surface area contributed by atoms with Gasteiger partial charge in [-0.25, -0.2) is 9.31 Å². The number of aryl methyl sites for hydroxylation is 2. The van der Waals surface area contributed by atoms with Crippen LogP contribution in [-0.4, -0.2) is 31.2 Å². The Bertz CT molecular complexity index is 438. The molecule has 0 atom stereocenters. The molecule has 0 saturated carbocycles. The summed E-state index contributed by atoms with van der Waals surface area (Å²) in [5.41, 5.74) is 2.40. The molecule has 0 amide bonds. The Labute approximate surface area is 91.2 Å². The van der Waals surface area contributed by atoms with Crippen LogP contribution in [-0.2, 0) is 13.0 Å². The van der Waals surface area contributed by atoms with Gasteiger partial charge in [0.2, 0.25) is 0 Å². The molecule has 0 aliphatic rings. The predicted molar refractivity (Wildman–Crippen MR) is 52.6 cm³/mol. The minimum atomic E-state index is 0.518. The van der Waals surface area contributed by atoms with Crippen molar-refractivity contribution in [1.29, 1.82) is 0 Å². The van der Waals surface area contributed by atoms with E-state index in [1.165, 1.54) is 0 Å². The van der Waals surface area contributed by atoms with Gasteiger partial charge in [-0.2, -0.15) is 0 Å². The van der Waals surface area contributed by atoms with Gasteiger partial charge >= 0.3 is 0 Å². The van der Waals surface area contributed by atoms with E-state index in [4.69, 9.17) is 11.6 Å². The van der Waals surface area contributed by atoms with Crippen LogP contribution in [0.15, 0.2) is 10.8 Å². The molecule has 0 unspecified atom stereocenters. The zero-order chi connectivity index (χ0) is 10.7. The first-order chi connectivity index (χ1) is 7.29. The normalized spacial score (nSPS) is 10.8. The van der Waals surface area contributed by atoms with E-state index in [1.807, 2.05) is 13.1 Å². The van der Waals surface area contributed by atoms with Crippen molar-refractivity contribution in [3.63, 3.8) is 0 Å². The quantitative estimate of drug-likeness (QED) is 0.723. The van der Waals surface area contributed by atoms with Crippen molar-refractivity contribution in [3.8, 4) is 0 Å². The van der Waals surface area contributed by atoms with E-state index in [0.29, 0.717) is 12.4 Å². The lowest BCUT2D eigenvalue weighted by Crippen LogP contribution is -2.02. The van der Waals surface area contributed by atoms with E-state index in [-0.39, 0.29) is 0 Å². The number of aromatic nitrogens is 5. The van der Waals surface area contributed by atoms with E-state index >= 15 is 0 Å². The second-order valence-corrected chi connectivity index (χ2v) is 3.52. The van der Waals surface area contributed by atoms with Gasteiger partial charge in [-0.15, -0.1) is 16.7 Å². The molecule has 0 radical (unpaired) electrons. The highest BCUT2D eigenvalue weighted by Crippen LogP contribution is 2.03. The third-order valence-electron chi connectivity index (χ3n) is 1.99. The third-order valence-corrected chi connectivity index (χ3v) is 2.18. The summed E-state index contributed by atoms with van der Waals surface area (Å²) in [6.45, 7) is 2.35. The van der Waals surface area contributed by atoms with Gasteiger partial charge in [0.25, 0.3) is 0 Å². The molecule has 0 spiro atoms. The molecule has 0 bridgehead atoms. The van der Waals surface area contributed by atoms with Crippen LogP contribution in [0.3, 0.4) is 0 Å². The molecule has 7 heteroatoms. The maximum Gasteiger partial charge on any atom is 0.129 e. The highest BCUT2D eigenvalue weighted by atomic mass is 35.5. The fourth-order valence-electron chi connectivity index (χ4n) is 1.17. The summed E-state index contributed by atoms with van der Waals surface area (Å²) >= 11 is 5.60. The van der Waals surface area contributed by atoms with Crippen molar-refractivity contribution < 1.29 is 4.63 Å². The fraction of sp³-hybridized carbons (Fsp3) is 0.500. The van der Waals surface area contributed by atoms with Crippen LogP contribution >= 0.6 is 11.6 Å². The summed E-state index contributed by atoms with van der Waals surface area (Å²) in [6.07, 6.45) is 2.56. The Hall–Kier alpha value is -1.43. The molecule has 2 heterocycles. The summed E-state index contributed by atoms with van der Waals surface area (Å²) in [7, 11) is 0. The monoisotopic (exact) mass is 227 g/mol. The molecule has 0 aliphatic heterocycles. The SMILES string of the molecule is Cc1nonc1Cn1cc(CCCl)nn1. The summed E-state index contributed by atoms with van der Waals surface area (Å²) in [5.74, 6) is 0.545. The van der Waals surface area contributed by atoms with Gasteiger partial charge in [-0.3, -0.25) is 0 Å². The maximum atomic E-state index is 5.60. The molecule has 0 fully saturated rings. The van der Waals surface area contributed by atoms with Crippen molar-refractivity contribution in [2.24, 2.45) is 0 Å². The van der Waals surface area contributed by atoms with Gasteiger partial charge in [0.05, 0.1) is 12.2 Å². The molecular formula is C8H10ClN5O. The number of nitrogens with zero attached hydrogens (tertiary/aromatic N) is 5. The number of hydrogen-bond donors (Lipinski definition) is 0. The largest absolute Gasteiger partial charge is 0.246 e. The van der Waals surface area contributed by atoms with E-state index in [2.05, 4.69) is 25.3 Å². The lowest BCUT2D eigenvalue weighted by molar-refractivity contribution is 0.300. The topological polar surface area (TPSA) is 69.6 Å². The van der Waals surface area contributed by atoms with Crippen molar-refractivity contribution in [2.45, 2.75) is 19.9 Å². The molecular weight excluding hydrogens is 218 g/mol. The molecule has 2 rings (SSSR count). The van der Waals surface area contributed by atoms with Crippen LogP contribution in [0.4, 0.5) is 0 Å². The van der Waals surface area contributed by atoms with Crippen molar-refractivity contribution >= 4 is 11.6 Å². The first kappa shape index (κ1) is 10.1. The van der Waals surface area contributed by atoms with Gasteiger partial charge < -0.3 is 0 Å². The Kier molecular flexibility index (Phi) is 2.96. The molecule has 0 aromatic carbocycles. The van der Waals surface area contributed by atoms with E-state index in [0.717, 1.165) is 23.5 Å². The smallest absolute Gasteiger partial charge is 0.129 e. The highest BCUT2D eigenvalue weighted by molar-refractivity contribution is 6.17. The van der Waals surface area contributed by atoms with Gasteiger partial charge in [-0.05, 0) is 6.92 Å². The van der Waals surface area contributed by atoms with Crippen LogP contribution in [0.5, 0.6) is 0 Å². The average Bonchev–Trinajstić information content (AvgIpc) is 2.79. The van der Waals surface area contributed by atoms with Crippen LogP contribution in [0, 0.1) is 6.92 Å². The van der Waals surface area contributed by atoms with Crippen LogP contribution in [0.2, 0.25) is 0 Å². The third kappa shape index (κ3) is 2.33. The highest BCUT2D eigenvalue weighted by Gasteiger charge is 2.07. The Balaban J connectivity index is 2.08. The molecule has 0 saturated heterocycles. The first-order valence-corrected chi connectivity index (χ1v) is 5.06. The lowest BCUT2D eigenvalue weighted by Gasteiger charge is -1.94. The average molecular weight is 228 g/mol. The Morgan fingerprint density at radius 2 is 2.33 bits per heavy atom. The van der Waals surface area contributed by atoms with Crippen LogP contribution in [0.25, 0.3) is 0 Å². The second kappa shape index (κ2) is 4.39. The molecule has 2 aromatic heterocycles. The molecule has 6 nitrogen and oxygen atoms in total. The zero-order valence-corrected chi connectivity index (χ0v) is 8.98. The minimum Gasteiger partial charge on any atom is -0.246 e. The van der Waals surface area contributed by atoms with Crippen molar-refractivity contribution in [3.05, 3.63) is 23.3 Å². The van der Waals surface area contributed by atoms with Crippen LogP contribution in [0.1, 0.15) is 17.1 Å². The molecule has 0 N–H and O–H groups in total. The Morgan fingerprint density at radius 3 is 3.00 bits per heavy atom. The van der Waals surface area contributed by atoms with Crippen molar-refractivity contribution in [1.82, 2.24) is 25.3 Å². The molecule has 80 valence electrons. The summed E-state index contributed by atoms with van der Waals surface area (Å²) in [5, 5.41) is 15.4. The van der Waals surface area contributed by atoms with E-state index < -0.39 is 0 Å². The number of rotatable bonds is 4. The summed E-state index contributed by atoms with van der Waals surface area (Å²) in [4.78, 5) is 0. The Morgan fingerprint density at radius 1 is 1.47 bits per heavy atom. The fourth-order valence-corrected chi connectivity index (χ4v) is 1.37. The van der Waals surface area contributed by atoms with Gasteiger partial charge in [-0.1, -0.05) is 15.5 Å². The number of hydrogen-bond acceptors (Lipinski definition) is 5.